The van der Waals surface area contributed by atoms with E-state index in [9.17, 15) is 18.5 Å². The van der Waals surface area contributed by atoms with Gasteiger partial charge in [0.2, 0.25) is 0 Å². The van der Waals surface area contributed by atoms with Gasteiger partial charge in [-0.2, -0.15) is 0 Å². The van der Waals surface area contributed by atoms with Gasteiger partial charge in [0.25, 0.3) is 5.69 Å². The van der Waals surface area contributed by atoms with Crippen molar-refractivity contribution in [2.24, 2.45) is 0 Å². The van der Waals surface area contributed by atoms with Gasteiger partial charge < -0.3 is 9.64 Å². The van der Waals surface area contributed by atoms with E-state index in [1.165, 1.54) is 12.1 Å². The van der Waals surface area contributed by atoms with Crippen molar-refractivity contribution in [2.45, 2.75) is 24.0 Å². The molecule has 2 atom stereocenters. The highest BCUT2D eigenvalue weighted by molar-refractivity contribution is 7.90. The zero-order valence-electron chi connectivity index (χ0n) is 14.5. The maximum absolute atomic E-state index is 12.0. The number of anilines is 1. The minimum atomic E-state index is -3.72. The second-order valence-electron chi connectivity index (χ2n) is 6.43. The van der Waals surface area contributed by atoms with E-state index in [1.54, 1.807) is 6.07 Å². The van der Waals surface area contributed by atoms with Crippen LogP contribution in [0.4, 0.5) is 11.4 Å². The Kier molecular flexibility index (Phi) is 4.97. The van der Waals surface area contributed by atoms with E-state index in [0.29, 0.717) is 18.8 Å². The molecule has 0 aromatic heterocycles. The molecule has 0 radical (unpaired) electrons. The number of morpholine rings is 1. The number of sulfone groups is 1. The summed E-state index contributed by atoms with van der Waals surface area (Å²) in [4.78, 5) is 12.2. The molecule has 1 aliphatic rings. The summed E-state index contributed by atoms with van der Waals surface area (Å²) in [5.41, 5.74) is 1.26. The number of rotatable bonds is 4. The molecule has 0 bridgehead atoms. The number of benzene rings is 2. The molecule has 0 spiro atoms. The number of nitrogens with zero attached hydrogens (tertiary/aromatic N) is 2. The summed E-state index contributed by atoms with van der Waals surface area (Å²) >= 11 is 0. The van der Waals surface area contributed by atoms with E-state index in [2.05, 4.69) is 0 Å². The predicted molar refractivity (Wildman–Crippen MR) is 98.1 cm³/mol. The molecule has 26 heavy (non-hydrogen) atoms. The zero-order valence-corrected chi connectivity index (χ0v) is 15.3. The molecule has 8 heteroatoms. The van der Waals surface area contributed by atoms with Gasteiger partial charge in [-0.3, -0.25) is 10.1 Å². The molecule has 0 aliphatic carbocycles. The first-order valence-electron chi connectivity index (χ1n) is 8.19. The Morgan fingerprint density at radius 1 is 1.15 bits per heavy atom. The van der Waals surface area contributed by atoms with Crippen molar-refractivity contribution in [3.63, 3.8) is 0 Å². The first-order valence-corrected chi connectivity index (χ1v) is 10.1. The van der Waals surface area contributed by atoms with Gasteiger partial charge in [0, 0.05) is 31.1 Å². The van der Waals surface area contributed by atoms with Crippen molar-refractivity contribution in [1.29, 1.82) is 0 Å². The van der Waals surface area contributed by atoms with E-state index in [-0.39, 0.29) is 17.1 Å². The number of hydrogen-bond acceptors (Lipinski definition) is 6. The minimum absolute atomic E-state index is 0.0640. The topological polar surface area (TPSA) is 89.8 Å². The lowest BCUT2D eigenvalue weighted by atomic mass is 10.1. The summed E-state index contributed by atoms with van der Waals surface area (Å²) in [6.07, 6.45) is 0.760. The Morgan fingerprint density at radius 3 is 2.46 bits per heavy atom. The van der Waals surface area contributed by atoms with Crippen LogP contribution in [0.5, 0.6) is 0 Å². The molecule has 7 nitrogen and oxygen atoms in total. The van der Waals surface area contributed by atoms with Gasteiger partial charge in [-0.25, -0.2) is 8.42 Å². The Labute approximate surface area is 152 Å². The Bertz CT molecular complexity index is 914. The molecule has 3 rings (SSSR count). The van der Waals surface area contributed by atoms with Crippen LogP contribution in [0.3, 0.4) is 0 Å². The standard InChI is InChI=1S/C18H20N2O5S/c1-13-11-19(12-17(25-13)14-6-4-3-5-7-14)15-8-9-16(20(21)22)18(10-15)26(2,23)24/h3-10,13,17H,11-12H2,1-2H3. The lowest BCUT2D eigenvalue weighted by Crippen LogP contribution is -2.43. The van der Waals surface area contributed by atoms with E-state index in [4.69, 9.17) is 4.74 Å². The fraction of sp³-hybridized carbons (Fsp3) is 0.333. The van der Waals surface area contributed by atoms with Crippen LogP contribution in [0.15, 0.2) is 53.4 Å². The van der Waals surface area contributed by atoms with Crippen molar-refractivity contribution >= 4 is 21.2 Å². The van der Waals surface area contributed by atoms with Crippen molar-refractivity contribution < 1.29 is 18.1 Å². The fourth-order valence-corrected chi connectivity index (χ4v) is 4.02. The van der Waals surface area contributed by atoms with Gasteiger partial charge in [0.1, 0.15) is 11.0 Å². The van der Waals surface area contributed by atoms with Crippen molar-refractivity contribution in [2.75, 3.05) is 24.2 Å². The number of nitro groups is 1. The van der Waals surface area contributed by atoms with E-state index < -0.39 is 20.4 Å². The maximum atomic E-state index is 12.0. The molecule has 2 unspecified atom stereocenters. The molecule has 0 N–H and O–H groups in total. The zero-order chi connectivity index (χ0) is 18.9. The number of nitro benzene ring substituents is 1. The molecule has 1 fully saturated rings. The Morgan fingerprint density at radius 2 is 1.85 bits per heavy atom. The SMILES string of the molecule is CC1CN(c2ccc([N+](=O)[O-])c(S(C)(=O)=O)c2)CC(c2ccccc2)O1. The summed E-state index contributed by atoms with van der Waals surface area (Å²) in [7, 11) is -3.72. The number of ether oxygens (including phenoxy) is 1. The normalized spacial score (nSPS) is 20.8. The van der Waals surface area contributed by atoms with Crippen LogP contribution in [0.25, 0.3) is 0 Å². The van der Waals surface area contributed by atoms with Gasteiger partial charge in [0.15, 0.2) is 9.84 Å². The molecule has 0 amide bonds. The van der Waals surface area contributed by atoms with Crippen LogP contribution in [-0.4, -0.2) is 38.8 Å². The van der Waals surface area contributed by atoms with Crippen LogP contribution >= 0.6 is 0 Å². The first-order chi connectivity index (χ1) is 12.3. The maximum Gasteiger partial charge on any atom is 0.288 e. The highest BCUT2D eigenvalue weighted by atomic mass is 32.2. The first kappa shape index (κ1) is 18.3. The summed E-state index contributed by atoms with van der Waals surface area (Å²) in [6.45, 7) is 3.06. The second-order valence-corrected chi connectivity index (χ2v) is 8.42. The van der Waals surface area contributed by atoms with Crippen molar-refractivity contribution in [3.05, 3.63) is 64.2 Å². The predicted octanol–water partition coefficient (Wildman–Crippen LogP) is 2.96. The van der Waals surface area contributed by atoms with Gasteiger partial charge in [-0.05, 0) is 24.6 Å². The Balaban J connectivity index is 1.96. The van der Waals surface area contributed by atoms with E-state index in [1.807, 2.05) is 42.2 Å². The lowest BCUT2D eigenvalue weighted by molar-refractivity contribution is -0.387. The average molecular weight is 376 g/mol. The summed E-state index contributed by atoms with van der Waals surface area (Å²) in [5, 5.41) is 11.2. The molecule has 0 saturated carbocycles. The van der Waals surface area contributed by atoms with Gasteiger partial charge in [-0.1, -0.05) is 30.3 Å². The van der Waals surface area contributed by atoms with Gasteiger partial charge >= 0.3 is 0 Å². The van der Waals surface area contributed by atoms with Crippen molar-refractivity contribution in [3.8, 4) is 0 Å². The van der Waals surface area contributed by atoms with Crippen LogP contribution in [-0.2, 0) is 14.6 Å². The third-order valence-corrected chi connectivity index (χ3v) is 5.46. The molecule has 1 aliphatic heterocycles. The third-order valence-electron chi connectivity index (χ3n) is 4.34. The van der Waals surface area contributed by atoms with E-state index >= 15 is 0 Å². The second kappa shape index (κ2) is 7.05. The summed E-state index contributed by atoms with van der Waals surface area (Å²) in [6, 6.07) is 14.0. The molecule has 138 valence electrons. The highest BCUT2D eigenvalue weighted by Crippen LogP contribution is 2.33. The summed E-state index contributed by atoms with van der Waals surface area (Å²) in [5.74, 6) is 0. The molecule has 2 aromatic rings. The molecule has 1 saturated heterocycles. The van der Waals surface area contributed by atoms with Crippen LogP contribution in [0.2, 0.25) is 0 Å². The molecule has 1 heterocycles. The van der Waals surface area contributed by atoms with Crippen LogP contribution in [0, 0.1) is 10.1 Å². The van der Waals surface area contributed by atoms with Crippen LogP contribution < -0.4 is 4.90 Å². The van der Waals surface area contributed by atoms with Crippen molar-refractivity contribution in [1.82, 2.24) is 0 Å². The Hall–Kier alpha value is -2.45. The molecular weight excluding hydrogens is 356 g/mol. The monoisotopic (exact) mass is 376 g/mol. The fourth-order valence-electron chi connectivity index (χ4n) is 3.16. The largest absolute Gasteiger partial charge is 0.367 e. The number of hydrogen-bond donors (Lipinski definition) is 0. The molecular formula is C18H20N2O5S. The summed E-state index contributed by atoms with van der Waals surface area (Å²) < 4.78 is 30.0. The average Bonchev–Trinajstić information content (AvgIpc) is 2.60. The quantitative estimate of drug-likeness (QED) is 0.602. The smallest absolute Gasteiger partial charge is 0.288 e. The minimum Gasteiger partial charge on any atom is -0.367 e. The third kappa shape index (κ3) is 3.86. The van der Waals surface area contributed by atoms with Crippen LogP contribution in [0.1, 0.15) is 18.6 Å². The molecule has 2 aromatic carbocycles. The lowest BCUT2D eigenvalue weighted by Gasteiger charge is -2.38. The van der Waals surface area contributed by atoms with E-state index in [0.717, 1.165) is 11.8 Å². The highest BCUT2D eigenvalue weighted by Gasteiger charge is 2.29. The van der Waals surface area contributed by atoms with Gasteiger partial charge in [0.05, 0.1) is 11.0 Å². The van der Waals surface area contributed by atoms with Gasteiger partial charge in [-0.15, -0.1) is 0 Å².